The molecule has 164 valence electrons. The van der Waals surface area contributed by atoms with E-state index >= 15 is 0 Å². The number of dihydropyridines is 1. The van der Waals surface area contributed by atoms with Crippen LogP contribution in [0.25, 0.3) is 0 Å². The van der Waals surface area contributed by atoms with Gasteiger partial charge in [0.15, 0.2) is 0 Å². The van der Waals surface area contributed by atoms with E-state index in [4.69, 9.17) is 10.00 Å². The van der Waals surface area contributed by atoms with Crippen molar-refractivity contribution in [2.24, 2.45) is 4.99 Å². The average molecular weight is 429 g/mol. The van der Waals surface area contributed by atoms with Gasteiger partial charge >= 0.3 is 0 Å². The van der Waals surface area contributed by atoms with Crippen LogP contribution in [0.2, 0.25) is 0 Å². The van der Waals surface area contributed by atoms with E-state index < -0.39 is 5.41 Å². The maximum atomic E-state index is 13.2. The molecule has 4 rings (SSSR count). The first-order valence-electron chi connectivity index (χ1n) is 10.9. The molecule has 1 unspecified atom stereocenters. The third-order valence-electron chi connectivity index (χ3n) is 6.57. The minimum absolute atomic E-state index is 0.210. The van der Waals surface area contributed by atoms with Crippen molar-refractivity contribution in [3.05, 3.63) is 77.0 Å². The zero-order chi connectivity index (χ0) is 22.7. The number of amides is 1. The van der Waals surface area contributed by atoms with Crippen LogP contribution in [-0.2, 0) is 10.2 Å². The van der Waals surface area contributed by atoms with Crippen LogP contribution in [-0.4, -0.2) is 49.8 Å². The highest BCUT2D eigenvalue weighted by Gasteiger charge is 2.39. The number of piperidine rings is 1. The summed E-state index contributed by atoms with van der Waals surface area (Å²) in [7, 11) is 3.63. The molecule has 0 radical (unpaired) electrons. The largest absolute Gasteiger partial charge is 0.497 e. The molecule has 2 aromatic carbocycles. The summed E-state index contributed by atoms with van der Waals surface area (Å²) in [6, 6.07) is 17.8. The Morgan fingerprint density at radius 3 is 2.34 bits per heavy atom. The smallest absolute Gasteiger partial charge is 0.293 e. The molecule has 0 bridgehead atoms. The predicted octanol–water partition coefficient (Wildman–Crippen LogP) is 3.42. The van der Waals surface area contributed by atoms with Crippen molar-refractivity contribution in [1.82, 2.24) is 10.2 Å². The molecule has 1 atom stereocenters. The predicted molar refractivity (Wildman–Crippen MR) is 125 cm³/mol. The van der Waals surface area contributed by atoms with Gasteiger partial charge in [0.05, 0.1) is 29.9 Å². The van der Waals surface area contributed by atoms with Crippen molar-refractivity contribution in [2.45, 2.75) is 31.2 Å². The fourth-order valence-electron chi connectivity index (χ4n) is 4.54. The first-order valence-corrected chi connectivity index (χ1v) is 10.9. The summed E-state index contributed by atoms with van der Waals surface area (Å²) < 4.78 is 5.34. The molecular formula is C26H28N4O2. The minimum Gasteiger partial charge on any atom is -0.497 e. The molecule has 1 N–H and O–H groups in total. The van der Waals surface area contributed by atoms with Crippen molar-refractivity contribution in [3.63, 3.8) is 0 Å². The van der Waals surface area contributed by atoms with Gasteiger partial charge in [0.1, 0.15) is 11.4 Å². The zero-order valence-electron chi connectivity index (χ0n) is 18.8. The number of aliphatic imine (C=N–C) groups is 1. The van der Waals surface area contributed by atoms with Crippen LogP contribution >= 0.6 is 0 Å². The van der Waals surface area contributed by atoms with E-state index in [1.807, 2.05) is 43.4 Å². The maximum absolute atomic E-state index is 13.2. The van der Waals surface area contributed by atoms with Crippen molar-refractivity contribution in [2.75, 3.05) is 27.2 Å². The SMILES string of the molecule is CNC1CCN(C2=CC(C)(c3ccc(OC)cc3)C(c3ccc(C#N)cc3)=NC2=O)CC1. The molecule has 2 aliphatic rings. The summed E-state index contributed by atoms with van der Waals surface area (Å²) in [6.07, 6.45) is 4.05. The van der Waals surface area contributed by atoms with Crippen LogP contribution in [0.4, 0.5) is 0 Å². The Bertz CT molecular complexity index is 1090. The van der Waals surface area contributed by atoms with Crippen molar-refractivity contribution in [3.8, 4) is 11.8 Å². The molecule has 2 heterocycles. The molecule has 2 aliphatic heterocycles. The molecule has 6 nitrogen and oxygen atoms in total. The summed E-state index contributed by atoms with van der Waals surface area (Å²) in [4.78, 5) is 20.0. The lowest BCUT2D eigenvalue weighted by atomic mass is 9.73. The third kappa shape index (κ3) is 4.04. The zero-order valence-corrected chi connectivity index (χ0v) is 18.8. The van der Waals surface area contributed by atoms with Gasteiger partial charge in [0.25, 0.3) is 5.91 Å². The Labute approximate surface area is 189 Å². The Balaban J connectivity index is 1.77. The second-order valence-electron chi connectivity index (χ2n) is 8.47. The van der Waals surface area contributed by atoms with Gasteiger partial charge in [-0.15, -0.1) is 0 Å². The molecule has 1 amide bonds. The Hall–Kier alpha value is -3.43. The van der Waals surface area contributed by atoms with Crippen LogP contribution in [0.5, 0.6) is 5.75 Å². The molecule has 6 heteroatoms. The maximum Gasteiger partial charge on any atom is 0.293 e. The molecule has 1 fully saturated rings. The number of nitriles is 1. The fraction of sp³-hybridized carbons (Fsp3) is 0.346. The first kappa shape index (κ1) is 21.8. The quantitative estimate of drug-likeness (QED) is 0.790. The number of methoxy groups -OCH3 is 1. The number of carbonyl (C=O) groups excluding carboxylic acids is 1. The van der Waals surface area contributed by atoms with Crippen LogP contribution in [0.3, 0.4) is 0 Å². The summed E-state index contributed by atoms with van der Waals surface area (Å²) in [6.45, 7) is 3.74. The number of carbonyl (C=O) groups is 1. The van der Waals surface area contributed by atoms with E-state index in [2.05, 4.69) is 34.3 Å². The monoisotopic (exact) mass is 428 g/mol. The van der Waals surface area contributed by atoms with Crippen molar-refractivity contribution < 1.29 is 9.53 Å². The number of nitrogens with one attached hydrogen (secondary N) is 1. The molecule has 0 saturated carbocycles. The number of rotatable bonds is 5. The molecule has 0 spiro atoms. The number of benzene rings is 2. The van der Waals surface area contributed by atoms with Gasteiger partial charge in [-0.25, -0.2) is 4.99 Å². The Morgan fingerprint density at radius 1 is 1.12 bits per heavy atom. The molecule has 2 aromatic rings. The van der Waals surface area contributed by atoms with Gasteiger partial charge in [-0.05, 0) is 68.3 Å². The van der Waals surface area contributed by atoms with Crippen LogP contribution in [0.1, 0.15) is 36.5 Å². The van der Waals surface area contributed by atoms with Gasteiger partial charge in [0, 0.05) is 19.1 Å². The number of ether oxygens (including phenoxy) is 1. The van der Waals surface area contributed by atoms with Crippen molar-refractivity contribution in [1.29, 1.82) is 5.26 Å². The van der Waals surface area contributed by atoms with Gasteiger partial charge in [-0.2, -0.15) is 5.26 Å². The van der Waals surface area contributed by atoms with Gasteiger partial charge < -0.3 is 15.0 Å². The average Bonchev–Trinajstić information content (AvgIpc) is 2.85. The lowest BCUT2D eigenvalue weighted by Crippen LogP contribution is -2.45. The molecule has 0 aliphatic carbocycles. The third-order valence-corrected chi connectivity index (χ3v) is 6.57. The highest BCUT2D eigenvalue weighted by atomic mass is 16.5. The molecule has 0 aromatic heterocycles. The normalized spacial score (nSPS) is 21.6. The Kier molecular flexibility index (Phi) is 6.11. The summed E-state index contributed by atoms with van der Waals surface area (Å²) in [5.74, 6) is 0.567. The number of hydrogen-bond donors (Lipinski definition) is 1. The highest BCUT2D eigenvalue weighted by Crippen LogP contribution is 2.37. The van der Waals surface area contributed by atoms with Gasteiger partial charge in [-0.3, -0.25) is 4.79 Å². The van der Waals surface area contributed by atoms with E-state index in [1.54, 1.807) is 19.2 Å². The van der Waals surface area contributed by atoms with Crippen LogP contribution in [0, 0.1) is 11.3 Å². The fourth-order valence-corrected chi connectivity index (χ4v) is 4.54. The van der Waals surface area contributed by atoms with E-state index in [1.165, 1.54) is 0 Å². The summed E-state index contributed by atoms with van der Waals surface area (Å²) >= 11 is 0. The second-order valence-corrected chi connectivity index (χ2v) is 8.47. The summed E-state index contributed by atoms with van der Waals surface area (Å²) in [5.41, 5.74) is 3.17. The van der Waals surface area contributed by atoms with Crippen molar-refractivity contribution >= 4 is 11.6 Å². The highest BCUT2D eigenvalue weighted by molar-refractivity contribution is 6.18. The Morgan fingerprint density at radius 2 is 1.78 bits per heavy atom. The van der Waals surface area contributed by atoms with Gasteiger partial charge in [0.2, 0.25) is 0 Å². The minimum atomic E-state index is -0.608. The number of hydrogen-bond acceptors (Lipinski definition) is 5. The van der Waals surface area contributed by atoms with Gasteiger partial charge in [-0.1, -0.05) is 24.3 Å². The molecular weight excluding hydrogens is 400 g/mol. The standard InChI is InChI=1S/C26H28N4O2/c1-26(20-8-10-22(32-3)11-9-20)16-23(30-14-12-21(28-2)13-15-30)25(31)29-24(26)19-6-4-18(17-27)5-7-19/h4-11,16,21,28H,12-15H2,1-3H3. The van der Waals surface area contributed by atoms with E-state index in [0.29, 0.717) is 23.0 Å². The van der Waals surface area contributed by atoms with Crippen LogP contribution < -0.4 is 10.1 Å². The van der Waals surface area contributed by atoms with E-state index in [0.717, 1.165) is 42.8 Å². The lowest BCUT2D eigenvalue weighted by molar-refractivity contribution is -0.116. The summed E-state index contributed by atoms with van der Waals surface area (Å²) in [5, 5.41) is 12.5. The topological polar surface area (TPSA) is 77.7 Å². The lowest BCUT2D eigenvalue weighted by Gasteiger charge is -2.39. The number of allylic oxidation sites excluding steroid dienone is 1. The van der Waals surface area contributed by atoms with Crippen LogP contribution in [0.15, 0.2) is 65.3 Å². The number of likely N-dealkylation sites (tertiary alicyclic amines) is 1. The number of nitrogens with zero attached hydrogens (tertiary/aromatic N) is 3. The van der Waals surface area contributed by atoms with E-state index in [9.17, 15) is 4.79 Å². The first-order chi connectivity index (χ1) is 15.5. The van der Waals surface area contributed by atoms with E-state index in [-0.39, 0.29) is 5.91 Å². The molecule has 32 heavy (non-hydrogen) atoms. The molecule has 1 saturated heterocycles. The second kappa shape index (κ2) is 8.97.